The molecule has 0 saturated carbocycles. The maximum atomic E-state index is 12.6. The average Bonchev–Trinajstić information content (AvgIpc) is 3.04. The molecule has 3 amide bonds. The Hall–Kier alpha value is -4.13. The summed E-state index contributed by atoms with van der Waals surface area (Å²) in [6.07, 6.45) is 0. The van der Waals surface area contributed by atoms with E-state index in [9.17, 15) is 14.4 Å². The third-order valence-electron chi connectivity index (χ3n) is 4.79. The topological polar surface area (TPSA) is 84.9 Å². The van der Waals surface area contributed by atoms with Crippen molar-refractivity contribution in [1.29, 1.82) is 0 Å². The normalized spacial score (nSPS) is 12.5. The molecule has 0 bridgehead atoms. The first-order chi connectivity index (χ1) is 14.5. The molecule has 3 aromatic carbocycles. The van der Waals surface area contributed by atoms with Crippen molar-refractivity contribution >= 4 is 29.1 Å². The van der Waals surface area contributed by atoms with Crippen LogP contribution < -0.4 is 19.7 Å². The van der Waals surface area contributed by atoms with Gasteiger partial charge in [0.15, 0.2) is 0 Å². The van der Waals surface area contributed by atoms with E-state index in [0.29, 0.717) is 39.6 Å². The second-order valence-corrected chi connectivity index (χ2v) is 6.59. The highest BCUT2D eigenvalue weighted by atomic mass is 16.5. The van der Waals surface area contributed by atoms with Crippen molar-refractivity contribution in [3.05, 3.63) is 83.4 Å². The molecule has 0 saturated heterocycles. The molecule has 1 heterocycles. The van der Waals surface area contributed by atoms with Crippen molar-refractivity contribution in [3.8, 4) is 11.5 Å². The van der Waals surface area contributed by atoms with Gasteiger partial charge in [0.1, 0.15) is 11.5 Å². The summed E-state index contributed by atoms with van der Waals surface area (Å²) in [6.45, 7) is 0. The molecule has 150 valence electrons. The molecule has 4 rings (SSSR count). The third kappa shape index (κ3) is 3.37. The summed E-state index contributed by atoms with van der Waals surface area (Å²) in [6, 6.07) is 18.0. The van der Waals surface area contributed by atoms with Gasteiger partial charge in [-0.2, -0.15) is 0 Å². The molecule has 1 aliphatic heterocycles. The number of hydrogen-bond acceptors (Lipinski definition) is 5. The van der Waals surface area contributed by atoms with E-state index in [2.05, 4.69) is 5.32 Å². The summed E-state index contributed by atoms with van der Waals surface area (Å²) >= 11 is 0. The number of fused-ring (bicyclic) bond motifs is 1. The SMILES string of the molecule is COc1cc(NC(=O)c2ccc(N3C(=O)c4ccccc4C3=O)cc2)cc(OC)c1. The van der Waals surface area contributed by atoms with Crippen molar-refractivity contribution in [3.63, 3.8) is 0 Å². The van der Waals surface area contributed by atoms with E-state index < -0.39 is 0 Å². The highest BCUT2D eigenvalue weighted by Crippen LogP contribution is 2.29. The van der Waals surface area contributed by atoms with Crippen LogP contribution in [0.1, 0.15) is 31.1 Å². The summed E-state index contributed by atoms with van der Waals surface area (Å²) in [7, 11) is 3.05. The number of ether oxygens (including phenoxy) is 2. The smallest absolute Gasteiger partial charge is 0.266 e. The van der Waals surface area contributed by atoms with Gasteiger partial charge in [0, 0.05) is 29.4 Å². The van der Waals surface area contributed by atoms with Gasteiger partial charge in [-0.05, 0) is 36.4 Å². The third-order valence-corrected chi connectivity index (χ3v) is 4.79. The van der Waals surface area contributed by atoms with E-state index in [0.717, 1.165) is 4.90 Å². The molecule has 0 spiro atoms. The Morgan fingerprint density at radius 3 is 1.83 bits per heavy atom. The Labute approximate surface area is 172 Å². The van der Waals surface area contributed by atoms with Crippen LogP contribution in [0.4, 0.5) is 11.4 Å². The number of anilines is 2. The van der Waals surface area contributed by atoms with Crippen LogP contribution in [0.2, 0.25) is 0 Å². The van der Waals surface area contributed by atoms with Crippen molar-refractivity contribution < 1.29 is 23.9 Å². The van der Waals surface area contributed by atoms with E-state index in [1.54, 1.807) is 66.7 Å². The van der Waals surface area contributed by atoms with Gasteiger partial charge in [-0.1, -0.05) is 12.1 Å². The fraction of sp³-hybridized carbons (Fsp3) is 0.0870. The molecular weight excluding hydrogens is 384 g/mol. The highest BCUT2D eigenvalue weighted by molar-refractivity contribution is 6.34. The molecule has 7 heteroatoms. The number of hydrogen-bond donors (Lipinski definition) is 1. The van der Waals surface area contributed by atoms with Gasteiger partial charge in [-0.15, -0.1) is 0 Å². The van der Waals surface area contributed by atoms with Gasteiger partial charge < -0.3 is 14.8 Å². The Kier molecular flexibility index (Phi) is 4.93. The number of methoxy groups -OCH3 is 2. The fourth-order valence-corrected chi connectivity index (χ4v) is 3.27. The molecule has 1 N–H and O–H groups in total. The van der Waals surface area contributed by atoms with Crippen LogP contribution in [0.25, 0.3) is 0 Å². The van der Waals surface area contributed by atoms with Crippen molar-refractivity contribution in [2.24, 2.45) is 0 Å². The van der Waals surface area contributed by atoms with Gasteiger partial charge in [-0.3, -0.25) is 14.4 Å². The van der Waals surface area contributed by atoms with Crippen molar-refractivity contribution in [2.75, 3.05) is 24.4 Å². The lowest BCUT2D eigenvalue weighted by atomic mass is 10.1. The number of carbonyl (C=O) groups excluding carboxylic acids is 3. The minimum atomic E-state index is -0.378. The Bertz CT molecular complexity index is 1100. The zero-order chi connectivity index (χ0) is 21.3. The van der Waals surface area contributed by atoms with E-state index in [1.165, 1.54) is 14.2 Å². The summed E-state index contributed by atoms with van der Waals surface area (Å²) in [5.41, 5.74) is 2.03. The maximum Gasteiger partial charge on any atom is 0.266 e. The van der Waals surface area contributed by atoms with Gasteiger partial charge in [0.2, 0.25) is 0 Å². The van der Waals surface area contributed by atoms with E-state index in [-0.39, 0.29) is 17.7 Å². The first-order valence-electron chi connectivity index (χ1n) is 9.14. The number of amides is 3. The van der Waals surface area contributed by atoms with Crippen LogP contribution >= 0.6 is 0 Å². The number of rotatable bonds is 5. The first kappa shape index (κ1) is 19.2. The molecule has 0 atom stereocenters. The molecule has 0 aliphatic carbocycles. The number of nitrogens with one attached hydrogen (secondary N) is 1. The van der Waals surface area contributed by atoms with Gasteiger partial charge in [0.05, 0.1) is 31.0 Å². The molecule has 1 aliphatic rings. The van der Waals surface area contributed by atoms with E-state index in [1.807, 2.05) is 0 Å². The van der Waals surface area contributed by atoms with Crippen LogP contribution in [0, 0.1) is 0 Å². The number of benzene rings is 3. The van der Waals surface area contributed by atoms with E-state index in [4.69, 9.17) is 9.47 Å². The van der Waals surface area contributed by atoms with Gasteiger partial charge >= 0.3 is 0 Å². The summed E-state index contributed by atoms with van der Waals surface area (Å²) in [4.78, 5) is 38.9. The largest absolute Gasteiger partial charge is 0.497 e. The predicted molar refractivity (Wildman–Crippen MR) is 112 cm³/mol. The molecular formula is C23H18N2O5. The zero-order valence-electron chi connectivity index (χ0n) is 16.3. The zero-order valence-corrected chi connectivity index (χ0v) is 16.3. The van der Waals surface area contributed by atoms with Crippen LogP contribution in [0.3, 0.4) is 0 Å². The minimum absolute atomic E-state index is 0.348. The molecule has 30 heavy (non-hydrogen) atoms. The Morgan fingerprint density at radius 1 is 0.800 bits per heavy atom. The monoisotopic (exact) mass is 402 g/mol. The van der Waals surface area contributed by atoms with Crippen molar-refractivity contribution in [2.45, 2.75) is 0 Å². The summed E-state index contributed by atoms with van der Waals surface area (Å²) < 4.78 is 10.4. The number of nitrogens with zero attached hydrogens (tertiary/aromatic N) is 1. The number of carbonyl (C=O) groups is 3. The van der Waals surface area contributed by atoms with Crippen LogP contribution in [0.5, 0.6) is 11.5 Å². The first-order valence-corrected chi connectivity index (χ1v) is 9.14. The fourth-order valence-electron chi connectivity index (χ4n) is 3.27. The molecule has 0 aromatic heterocycles. The van der Waals surface area contributed by atoms with Crippen molar-refractivity contribution in [1.82, 2.24) is 0 Å². The van der Waals surface area contributed by atoms with Crippen LogP contribution in [0.15, 0.2) is 66.7 Å². The lowest BCUT2D eigenvalue weighted by molar-refractivity contribution is 0.0925. The molecule has 3 aromatic rings. The van der Waals surface area contributed by atoms with Gasteiger partial charge in [-0.25, -0.2) is 4.90 Å². The quantitative estimate of drug-likeness (QED) is 0.657. The molecule has 0 radical (unpaired) electrons. The standard InChI is InChI=1S/C23H18N2O5/c1-29-17-11-15(12-18(13-17)30-2)24-21(26)14-7-9-16(10-8-14)25-22(27)19-5-3-4-6-20(19)23(25)28/h3-13H,1-2H3,(H,24,26). The number of imide groups is 1. The summed E-state index contributed by atoms with van der Waals surface area (Å²) in [5.74, 6) is -0.0111. The van der Waals surface area contributed by atoms with Gasteiger partial charge in [0.25, 0.3) is 17.7 Å². The maximum absolute atomic E-state index is 12.6. The highest BCUT2D eigenvalue weighted by Gasteiger charge is 2.36. The molecule has 0 fully saturated rings. The predicted octanol–water partition coefficient (Wildman–Crippen LogP) is 3.76. The lowest BCUT2D eigenvalue weighted by Crippen LogP contribution is -2.29. The average molecular weight is 402 g/mol. The molecule has 0 unspecified atom stereocenters. The van der Waals surface area contributed by atoms with Crippen LogP contribution in [-0.2, 0) is 0 Å². The lowest BCUT2D eigenvalue weighted by Gasteiger charge is -2.14. The summed E-state index contributed by atoms with van der Waals surface area (Å²) in [5, 5.41) is 2.78. The second kappa shape index (κ2) is 7.71. The Balaban J connectivity index is 1.54. The van der Waals surface area contributed by atoms with E-state index >= 15 is 0 Å². The van der Waals surface area contributed by atoms with Crippen LogP contribution in [-0.4, -0.2) is 31.9 Å². The Morgan fingerprint density at radius 2 is 1.33 bits per heavy atom. The minimum Gasteiger partial charge on any atom is -0.497 e. The molecule has 7 nitrogen and oxygen atoms in total. The second-order valence-electron chi connectivity index (χ2n) is 6.59.